The van der Waals surface area contributed by atoms with E-state index in [2.05, 4.69) is 31.3 Å². The van der Waals surface area contributed by atoms with Gasteiger partial charge in [0.2, 0.25) is 5.91 Å². The first kappa shape index (κ1) is 46.8. The largest absolute Gasteiger partial charge is 0.387 e. The predicted octanol–water partition coefficient (Wildman–Crippen LogP) is 10.5. The van der Waals surface area contributed by atoms with E-state index in [1.807, 2.05) is 0 Å². The monoisotopic (exact) mass is 700 g/mol. The first-order valence-corrected chi connectivity index (χ1v) is 21.8. The molecule has 0 saturated heterocycles. The summed E-state index contributed by atoms with van der Waals surface area (Å²) in [7, 11) is -4.44. The maximum atomic E-state index is 12.6. The minimum atomic E-state index is -4.44. The molecule has 48 heavy (non-hydrogen) atoms. The molecular formula is C40H77NO6S. The van der Waals surface area contributed by atoms with E-state index in [9.17, 15) is 28.0 Å². The molecule has 0 aliphatic rings. The Labute approximate surface area is 297 Å². The highest BCUT2D eigenvalue weighted by Crippen LogP contribution is 2.14. The molecule has 0 radical (unpaired) electrons. The van der Waals surface area contributed by atoms with Gasteiger partial charge < -0.3 is 15.5 Å². The van der Waals surface area contributed by atoms with Crippen LogP contribution >= 0.6 is 0 Å². The summed E-state index contributed by atoms with van der Waals surface area (Å²) in [6, 6.07) is -1.23. The Morgan fingerprint density at radius 2 is 0.917 bits per heavy atom. The minimum Gasteiger partial charge on any atom is -0.387 e. The molecule has 284 valence electrons. The number of unbranched alkanes of at least 4 members (excludes halogenated alkanes) is 25. The van der Waals surface area contributed by atoms with Crippen molar-refractivity contribution < 1.29 is 28.0 Å². The Bertz CT molecular complexity index is 875. The van der Waals surface area contributed by atoms with E-state index in [4.69, 9.17) is 0 Å². The van der Waals surface area contributed by atoms with Crippen molar-refractivity contribution in [3.05, 3.63) is 24.3 Å². The van der Waals surface area contributed by atoms with Crippen LogP contribution in [0, 0.1) is 0 Å². The van der Waals surface area contributed by atoms with E-state index in [0.717, 1.165) is 44.9 Å². The van der Waals surface area contributed by atoms with Gasteiger partial charge in [0.1, 0.15) is 6.10 Å². The van der Waals surface area contributed by atoms with Crippen molar-refractivity contribution in [3.8, 4) is 0 Å². The number of aliphatic hydroxyl groups is 2. The van der Waals surface area contributed by atoms with Gasteiger partial charge in [-0.3, -0.25) is 9.35 Å². The second-order valence-electron chi connectivity index (χ2n) is 14.1. The predicted molar refractivity (Wildman–Crippen MR) is 204 cm³/mol. The third kappa shape index (κ3) is 33.3. The Kier molecular flexibility index (Phi) is 33.4. The van der Waals surface area contributed by atoms with Gasteiger partial charge in [-0.25, -0.2) is 0 Å². The summed E-state index contributed by atoms with van der Waals surface area (Å²) in [5.74, 6) is -1.54. The zero-order chi connectivity index (χ0) is 35.6. The van der Waals surface area contributed by atoms with Crippen LogP contribution in [-0.4, -0.2) is 53.1 Å². The first-order chi connectivity index (χ1) is 23.2. The number of hydrogen-bond acceptors (Lipinski definition) is 5. The maximum absolute atomic E-state index is 12.6. The Morgan fingerprint density at radius 1 is 0.562 bits per heavy atom. The molecule has 0 bridgehead atoms. The summed E-state index contributed by atoms with van der Waals surface area (Å²) < 4.78 is 32.5. The van der Waals surface area contributed by atoms with E-state index in [0.29, 0.717) is 6.42 Å². The highest BCUT2D eigenvalue weighted by molar-refractivity contribution is 7.85. The molecule has 0 spiro atoms. The fourth-order valence-corrected chi connectivity index (χ4v) is 6.83. The van der Waals surface area contributed by atoms with Crippen molar-refractivity contribution in [2.75, 3.05) is 5.75 Å². The van der Waals surface area contributed by atoms with Gasteiger partial charge in [0.15, 0.2) is 0 Å². The first-order valence-electron chi connectivity index (χ1n) is 20.1. The van der Waals surface area contributed by atoms with Gasteiger partial charge in [0.05, 0.1) is 17.9 Å². The molecule has 8 heteroatoms. The highest BCUT2D eigenvalue weighted by Gasteiger charge is 2.27. The van der Waals surface area contributed by atoms with Crippen LogP contribution in [0.15, 0.2) is 24.3 Å². The summed E-state index contributed by atoms with van der Waals surface area (Å²) in [5.41, 5.74) is 0. The highest BCUT2D eigenvalue weighted by atomic mass is 32.2. The quantitative estimate of drug-likeness (QED) is 0.0293. The van der Waals surface area contributed by atoms with Crippen LogP contribution in [-0.2, 0) is 14.9 Å². The third-order valence-electron chi connectivity index (χ3n) is 9.23. The molecule has 1 amide bonds. The van der Waals surface area contributed by atoms with Crippen LogP contribution in [0.2, 0.25) is 0 Å². The lowest BCUT2D eigenvalue weighted by Crippen LogP contribution is -2.50. The zero-order valence-electron chi connectivity index (χ0n) is 31.2. The van der Waals surface area contributed by atoms with Crippen LogP contribution in [0.1, 0.15) is 200 Å². The second kappa shape index (κ2) is 34.2. The van der Waals surface area contributed by atoms with E-state index in [-0.39, 0.29) is 6.42 Å². The molecule has 0 saturated carbocycles. The second-order valence-corrected chi connectivity index (χ2v) is 15.6. The van der Waals surface area contributed by atoms with Crippen molar-refractivity contribution >= 4 is 16.0 Å². The molecule has 0 fully saturated rings. The number of allylic oxidation sites excluding steroid dienone is 3. The molecule has 4 N–H and O–H groups in total. The van der Waals surface area contributed by atoms with E-state index in [1.165, 1.54) is 134 Å². The molecule has 0 aromatic carbocycles. The lowest BCUT2D eigenvalue weighted by molar-refractivity contribution is -0.130. The van der Waals surface area contributed by atoms with E-state index >= 15 is 0 Å². The topological polar surface area (TPSA) is 124 Å². The number of hydrogen-bond donors (Lipinski definition) is 4. The fraction of sp³-hybridized carbons (Fsp3) is 0.875. The third-order valence-corrected chi connectivity index (χ3v) is 10.0. The van der Waals surface area contributed by atoms with E-state index in [1.54, 1.807) is 6.08 Å². The number of nitrogens with one attached hydrogen (secondary N) is 1. The van der Waals surface area contributed by atoms with Crippen molar-refractivity contribution in [2.24, 2.45) is 0 Å². The van der Waals surface area contributed by atoms with Crippen molar-refractivity contribution in [2.45, 2.75) is 218 Å². The average Bonchev–Trinajstić information content (AvgIpc) is 3.05. The average molecular weight is 700 g/mol. The lowest BCUT2D eigenvalue weighted by atomic mass is 10.0. The fourth-order valence-electron chi connectivity index (χ4n) is 6.10. The number of carbonyl (C=O) groups is 1. The Balaban J connectivity index is 4.07. The van der Waals surface area contributed by atoms with Crippen LogP contribution in [0.5, 0.6) is 0 Å². The molecular weight excluding hydrogens is 623 g/mol. The number of carbonyl (C=O) groups excluding carboxylic acids is 1. The molecule has 3 unspecified atom stereocenters. The SMILES string of the molecule is CCCCCCCC/C=C\CCCCCCCCC(O)C(=O)NC(CS(=O)(=O)O)C(O)/C=C/CCCCCCCCCCCCCCC. The van der Waals surface area contributed by atoms with Crippen LogP contribution in [0.4, 0.5) is 0 Å². The van der Waals surface area contributed by atoms with Crippen LogP contribution in [0.3, 0.4) is 0 Å². The maximum Gasteiger partial charge on any atom is 0.267 e. The smallest absolute Gasteiger partial charge is 0.267 e. The van der Waals surface area contributed by atoms with Gasteiger partial charge in [-0.15, -0.1) is 0 Å². The number of rotatable bonds is 36. The molecule has 0 aromatic heterocycles. The summed E-state index contributed by atoms with van der Waals surface area (Å²) >= 11 is 0. The van der Waals surface area contributed by atoms with Gasteiger partial charge in [-0.05, 0) is 44.9 Å². The van der Waals surface area contributed by atoms with Gasteiger partial charge >= 0.3 is 0 Å². The van der Waals surface area contributed by atoms with Crippen molar-refractivity contribution in [1.82, 2.24) is 5.32 Å². The summed E-state index contributed by atoms with van der Waals surface area (Å²) in [6.45, 7) is 4.50. The molecule has 0 aromatic rings. The summed E-state index contributed by atoms with van der Waals surface area (Å²) in [4.78, 5) is 12.6. The summed E-state index contributed by atoms with van der Waals surface area (Å²) in [5, 5.41) is 23.4. The van der Waals surface area contributed by atoms with Gasteiger partial charge in [0, 0.05) is 0 Å². The molecule has 0 rings (SSSR count). The molecule has 0 aliphatic carbocycles. The van der Waals surface area contributed by atoms with Crippen LogP contribution < -0.4 is 5.32 Å². The van der Waals surface area contributed by atoms with Gasteiger partial charge in [-0.2, -0.15) is 8.42 Å². The normalized spacial score (nSPS) is 14.2. The van der Waals surface area contributed by atoms with Crippen LogP contribution in [0.25, 0.3) is 0 Å². The minimum absolute atomic E-state index is 0.274. The van der Waals surface area contributed by atoms with Crippen molar-refractivity contribution in [3.63, 3.8) is 0 Å². The molecule has 0 aliphatic heterocycles. The molecule has 7 nitrogen and oxygen atoms in total. The summed E-state index contributed by atoms with van der Waals surface area (Å²) in [6.07, 6.45) is 39.4. The molecule has 0 heterocycles. The standard InChI is InChI=1S/C40H77NO6S/c1-3-5-7-9-11-13-15-17-19-21-23-25-27-29-31-33-35-39(43)40(44)41-37(36-48(45,46)47)38(42)34-32-30-28-26-24-22-20-18-16-14-12-10-8-6-4-2/h17,19,32,34,37-39,42-43H,3-16,18,20-31,33,35-36H2,1-2H3,(H,41,44)(H,45,46,47)/b19-17-,34-32+. The number of aliphatic hydroxyl groups excluding tert-OH is 2. The van der Waals surface area contributed by atoms with Gasteiger partial charge in [-0.1, -0.05) is 179 Å². The van der Waals surface area contributed by atoms with E-state index < -0.39 is 40.0 Å². The molecule has 3 atom stereocenters. The van der Waals surface area contributed by atoms with Gasteiger partial charge in [0.25, 0.3) is 10.1 Å². The Hall–Kier alpha value is -1.22. The zero-order valence-corrected chi connectivity index (χ0v) is 32.0. The van der Waals surface area contributed by atoms with Crippen molar-refractivity contribution in [1.29, 1.82) is 0 Å². The Morgan fingerprint density at radius 3 is 1.31 bits per heavy atom. The number of amides is 1. The lowest BCUT2D eigenvalue weighted by Gasteiger charge is -2.22.